The van der Waals surface area contributed by atoms with Gasteiger partial charge in [-0.2, -0.15) is 0 Å². The molecule has 0 aliphatic rings. The van der Waals surface area contributed by atoms with Crippen LogP contribution >= 0.6 is 0 Å². The molecule has 2 heteroatoms. The molecule has 1 N–H and O–H groups in total. The van der Waals surface area contributed by atoms with Crippen LogP contribution in [-0.2, 0) is 0 Å². The van der Waals surface area contributed by atoms with Crippen molar-refractivity contribution in [2.75, 3.05) is 0 Å². The van der Waals surface area contributed by atoms with Crippen molar-refractivity contribution >= 4 is 21.8 Å². The molecule has 0 amide bonds. The summed E-state index contributed by atoms with van der Waals surface area (Å²) in [4.78, 5) is 8.65. The Morgan fingerprint density at radius 2 is 1.33 bits per heavy atom. The zero-order chi connectivity index (χ0) is 18.4. The predicted molar refractivity (Wildman–Crippen MR) is 114 cm³/mol. The summed E-state index contributed by atoms with van der Waals surface area (Å²) in [7, 11) is 0. The topological polar surface area (TPSA) is 28.7 Å². The van der Waals surface area contributed by atoms with E-state index in [9.17, 15) is 0 Å². The highest BCUT2D eigenvalue weighted by molar-refractivity contribution is 6.10. The van der Waals surface area contributed by atoms with Crippen LogP contribution in [-0.4, -0.2) is 9.97 Å². The third kappa shape index (κ3) is 2.53. The van der Waals surface area contributed by atoms with E-state index in [2.05, 4.69) is 91.6 Å². The second-order valence-electron chi connectivity index (χ2n) is 7.05. The zero-order valence-electron chi connectivity index (χ0n) is 15.5. The summed E-state index contributed by atoms with van der Waals surface area (Å²) < 4.78 is 0. The molecule has 0 aliphatic heterocycles. The van der Waals surface area contributed by atoms with Crippen LogP contribution in [0.5, 0.6) is 0 Å². The summed E-state index contributed by atoms with van der Waals surface area (Å²) in [5.74, 6) is 0. The molecular weight excluding hydrogens is 328 g/mol. The first-order valence-electron chi connectivity index (χ1n) is 9.26. The van der Waals surface area contributed by atoms with Crippen molar-refractivity contribution in [3.8, 4) is 22.4 Å². The van der Waals surface area contributed by atoms with E-state index in [0.717, 1.165) is 22.3 Å². The number of nitrogens with one attached hydrogen (secondary N) is 1. The molecule has 0 spiro atoms. The number of fused-ring (bicyclic) bond motifs is 3. The van der Waals surface area contributed by atoms with Crippen LogP contribution in [0.15, 0.2) is 78.9 Å². The lowest BCUT2D eigenvalue weighted by atomic mass is 9.97. The standard InChI is InChI=1S/C25H20N2/c1-16-17(2)26-24-20(16)13-14-21-22(18-9-5-3-6-10-18)15-23(27-25(21)24)19-11-7-4-8-12-19/h3-15,26H,1-2H3. The second kappa shape index (κ2) is 6.10. The van der Waals surface area contributed by atoms with E-state index in [0.29, 0.717) is 0 Å². The molecule has 130 valence electrons. The molecule has 2 nitrogen and oxygen atoms in total. The number of benzene rings is 3. The lowest BCUT2D eigenvalue weighted by Crippen LogP contribution is -1.91. The van der Waals surface area contributed by atoms with Gasteiger partial charge in [-0.25, -0.2) is 4.98 Å². The Hall–Kier alpha value is -3.39. The number of hydrogen-bond donors (Lipinski definition) is 1. The van der Waals surface area contributed by atoms with Gasteiger partial charge >= 0.3 is 0 Å². The van der Waals surface area contributed by atoms with Gasteiger partial charge in [-0.1, -0.05) is 72.8 Å². The predicted octanol–water partition coefficient (Wildman–Crippen LogP) is 6.67. The first kappa shape index (κ1) is 15.8. The zero-order valence-corrected chi connectivity index (χ0v) is 15.5. The van der Waals surface area contributed by atoms with E-state index in [4.69, 9.17) is 4.98 Å². The molecule has 0 fully saturated rings. The van der Waals surface area contributed by atoms with E-state index in [-0.39, 0.29) is 0 Å². The maximum Gasteiger partial charge on any atom is 0.0956 e. The van der Waals surface area contributed by atoms with Crippen molar-refractivity contribution in [2.45, 2.75) is 13.8 Å². The van der Waals surface area contributed by atoms with Crippen molar-refractivity contribution in [2.24, 2.45) is 0 Å². The van der Waals surface area contributed by atoms with Crippen LogP contribution in [0.25, 0.3) is 44.2 Å². The molecule has 2 aromatic heterocycles. The number of rotatable bonds is 2. The number of aromatic nitrogens is 2. The molecule has 5 rings (SSSR count). The Labute approximate surface area is 158 Å². The first-order valence-corrected chi connectivity index (χ1v) is 9.26. The Morgan fingerprint density at radius 3 is 2.04 bits per heavy atom. The number of aromatic amines is 1. The molecule has 0 saturated heterocycles. The minimum atomic E-state index is 0.999. The second-order valence-corrected chi connectivity index (χ2v) is 7.05. The highest BCUT2D eigenvalue weighted by atomic mass is 14.8. The molecule has 0 saturated carbocycles. The van der Waals surface area contributed by atoms with Crippen LogP contribution < -0.4 is 0 Å². The van der Waals surface area contributed by atoms with Gasteiger partial charge in [-0.3, -0.25) is 0 Å². The summed E-state index contributed by atoms with van der Waals surface area (Å²) in [5, 5.41) is 2.42. The van der Waals surface area contributed by atoms with Gasteiger partial charge < -0.3 is 4.98 Å². The first-order chi connectivity index (χ1) is 13.2. The maximum absolute atomic E-state index is 5.08. The number of H-pyrrole nitrogens is 1. The summed E-state index contributed by atoms with van der Waals surface area (Å²) >= 11 is 0. The average Bonchev–Trinajstić information content (AvgIpc) is 3.03. The van der Waals surface area contributed by atoms with Crippen molar-refractivity contribution < 1.29 is 0 Å². The molecule has 0 aliphatic carbocycles. The van der Waals surface area contributed by atoms with Crippen LogP contribution in [0, 0.1) is 13.8 Å². The fourth-order valence-electron chi connectivity index (χ4n) is 3.83. The molecule has 0 unspecified atom stereocenters. The van der Waals surface area contributed by atoms with Gasteiger partial charge in [0.25, 0.3) is 0 Å². The van der Waals surface area contributed by atoms with Gasteiger partial charge in [0.15, 0.2) is 0 Å². The van der Waals surface area contributed by atoms with Crippen molar-refractivity contribution in [3.63, 3.8) is 0 Å². The minimum Gasteiger partial charge on any atom is -0.357 e. The average molecular weight is 348 g/mol. The van der Waals surface area contributed by atoms with E-state index < -0.39 is 0 Å². The van der Waals surface area contributed by atoms with Gasteiger partial charge in [-0.05, 0) is 36.6 Å². The molecule has 0 atom stereocenters. The monoisotopic (exact) mass is 348 g/mol. The van der Waals surface area contributed by atoms with Crippen LogP contribution in [0.3, 0.4) is 0 Å². The third-order valence-electron chi connectivity index (χ3n) is 5.41. The van der Waals surface area contributed by atoms with Gasteiger partial charge in [-0.15, -0.1) is 0 Å². The maximum atomic E-state index is 5.08. The third-order valence-corrected chi connectivity index (χ3v) is 5.41. The molecule has 5 aromatic rings. The van der Waals surface area contributed by atoms with Crippen molar-refractivity contribution in [1.82, 2.24) is 9.97 Å². The Kier molecular flexibility index (Phi) is 3.58. The highest BCUT2D eigenvalue weighted by Crippen LogP contribution is 2.36. The molecule has 3 aromatic carbocycles. The molecule has 27 heavy (non-hydrogen) atoms. The van der Waals surface area contributed by atoms with E-state index >= 15 is 0 Å². The van der Waals surface area contributed by atoms with E-state index in [1.54, 1.807) is 0 Å². The minimum absolute atomic E-state index is 0.999. The quantitative estimate of drug-likeness (QED) is 0.379. The van der Waals surface area contributed by atoms with Gasteiger partial charge in [0, 0.05) is 22.0 Å². The molecular formula is C25H20N2. The number of nitrogens with zero attached hydrogens (tertiary/aromatic N) is 1. The Morgan fingerprint density at radius 1 is 0.704 bits per heavy atom. The highest BCUT2D eigenvalue weighted by Gasteiger charge is 2.14. The fourth-order valence-corrected chi connectivity index (χ4v) is 3.83. The normalized spacial score (nSPS) is 11.3. The fraction of sp³-hybridized carbons (Fsp3) is 0.0800. The summed E-state index contributed by atoms with van der Waals surface area (Å²) in [5.41, 5.74) is 9.20. The summed E-state index contributed by atoms with van der Waals surface area (Å²) in [6, 6.07) is 27.6. The Bertz CT molecular complexity index is 1270. The van der Waals surface area contributed by atoms with Gasteiger partial charge in [0.05, 0.1) is 16.7 Å². The van der Waals surface area contributed by atoms with Gasteiger partial charge in [0.1, 0.15) is 0 Å². The number of pyridine rings is 1. The lowest BCUT2D eigenvalue weighted by Gasteiger charge is -2.11. The lowest BCUT2D eigenvalue weighted by molar-refractivity contribution is 1.25. The molecule has 0 radical (unpaired) electrons. The summed E-state index contributed by atoms with van der Waals surface area (Å²) in [6.07, 6.45) is 0. The largest absolute Gasteiger partial charge is 0.357 e. The van der Waals surface area contributed by atoms with Crippen LogP contribution in [0.1, 0.15) is 11.3 Å². The van der Waals surface area contributed by atoms with Crippen molar-refractivity contribution in [3.05, 3.63) is 90.1 Å². The smallest absolute Gasteiger partial charge is 0.0956 e. The van der Waals surface area contributed by atoms with E-state index in [1.165, 1.54) is 33.2 Å². The SMILES string of the molecule is Cc1[nH]c2c(ccc3c(-c4ccccc4)cc(-c4ccccc4)nc32)c1C. The van der Waals surface area contributed by atoms with Crippen LogP contribution in [0.2, 0.25) is 0 Å². The van der Waals surface area contributed by atoms with Gasteiger partial charge in [0.2, 0.25) is 0 Å². The number of hydrogen-bond acceptors (Lipinski definition) is 1. The van der Waals surface area contributed by atoms with Crippen LogP contribution in [0.4, 0.5) is 0 Å². The Balaban J connectivity index is 1.92. The molecule has 0 bridgehead atoms. The summed E-state index contributed by atoms with van der Waals surface area (Å²) in [6.45, 7) is 4.29. The van der Waals surface area contributed by atoms with E-state index in [1.807, 2.05) is 6.07 Å². The van der Waals surface area contributed by atoms with Crippen molar-refractivity contribution in [1.29, 1.82) is 0 Å². The molecule has 2 heterocycles. The number of aryl methyl sites for hydroxylation is 2.